The SMILES string of the molecule is Cc1cccc(/C=C/c2cc(F)c(F)c(F)c2F)n1. The first-order valence-corrected chi connectivity index (χ1v) is 5.44. The first-order chi connectivity index (χ1) is 8.99. The second kappa shape index (κ2) is 5.22. The summed E-state index contributed by atoms with van der Waals surface area (Å²) in [7, 11) is 0. The molecule has 0 atom stereocenters. The van der Waals surface area contributed by atoms with Gasteiger partial charge in [0.15, 0.2) is 23.3 Å². The third kappa shape index (κ3) is 2.81. The minimum Gasteiger partial charge on any atom is -0.254 e. The maximum Gasteiger partial charge on any atom is 0.198 e. The molecule has 19 heavy (non-hydrogen) atoms. The summed E-state index contributed by atoms with van der Waals surface area (Å²) in [5.74, 6) is -6.50. The van der Waals surface area contributed by atoms with Crippen LogP contribution in [0.2, 0.25) is 0 Å². The molecule has 0 bridgehead atoms. The van der Waals surface area contributed by atoms with E-state index in [1.165, 1.54) is 6.08 Å². The van der Waals surface area contributed by atoms with Crippen molar-refractivity contribution in [2.45, 2.75) is 6.92 Å². The van der Waals surface area contributed by atoms with Gasteiger partial charge in [-0.05, 0) is 37.3 Å². The van der Waals surface area contributed by atoms with Crippen LogP contribution in [-0.4, -0.2) is 4.98 Å². The summed E-state index contributed by atoms with van der Waals surface area (Å²) in [6.45, 7) is 1.77. The second-order valence-corrected chi connectivity index (χ2v) is 3.93. The lowest BCUT2D eigenvalue weighted by Gasteiger charge is -2.01. The van der Waals surface area contributed by atoms with Gasteiger partial charge >= 0.3 is 0 Å². The molecule has 1 aromatic carbocycles. The van der Waals surface area contributed by atoms with Gasteiger partial charge in [0.25, 0.3) is 0 Å². The monoisotopic (exact) mass is 267 g/mol. The average Bonchev–Trinajstić information content (AvgIpc) is 2.39. The fraction of sp³-hybridized carbons (Fsp3) is 0.0714. The Kier molecular flexibility index (Phi) is 3.64. The summed E-state index contributed by atoms with van der Waals surface area (Å²) in [6.07, 6.45) is 2.53. The van der Waals surface area contributed by atoms with E-state index in [1.54, 1.807) is 25.1 Å². The van der Waals surface area contributed by atoms with Crippen molar-refractivity contribution < 1.29 is 17.6 Å². The molecule has 0 unspecified atom stereocenters. The van der Waals surface area contributed by atoms with Crippen molar-refractivity contribution >= 4 is 12.2 Å². The van der Waals surface area contributed by atoms with Crippen molar-refractivity contribution in [1.29, 1.82) is 0 Å². The first kappa shape index (κ1) is 13.3. The standard InChI is InChI=1S/C14H9F4N/c1-8-3-2-4-10(19-8)6-5-9-7-11(15)13(17)14(18)12(9)16/h2-7H,1H3/b6-5+. The number of halogens is 4. The molecule has 2 aromatic rings. The van der Waals surface area contributed by atoms with Crippen LogP contribution in [0.4, 0.5) is 17.6 Å². The Morgan fingerprint density at radius 1 is 0.947 bits per heavy atom. The summed E-state index contributed by atoms with van der Waals surface area (Å²) in [6, 6.07) is 5.76. The van der Waals surface area contributed by atoms with Crippen molar-refractivity contribution in [3.05, 3.63) is 64.5 Å². The summed E-state index contributed by atoms with van der Waals surface area (Å²) >= 11 is 0. The number of benzene rings is 1. The van der Waals surface area contributed by atoms with E-state index in [0.29, 0.717) is 11.8 Å². The smallest absolute Gasteiger partial charge is 0.198 e. The van der Waals surface area contributed by atoms with Gasteiger partial charge in [0.1, 0.15) is 0 Å². The molecule has 98 valence electrons. The number of rotatable bonds is 2. The number of nitrogens with zero attached hydrogens (tertiary/aromatic N) is 1. The van der Waals surface area contributed by atoms with E-state index in [2.05, 4.69) is 4.98 Å². The minimum atomic E-state index is -1.82. The van der Waals surface area contributed by atoms with Crippen LogP contribution in [0, 0.1) is 30.2 Å². The van der Waals surface area contributed by atoms with E-state index >= 15 is 0 Å². The van der Waals surface area contributed by atoms with Crippen LogP contribution in [0.15, 0.2) is 24.3 Å². The van der Waals surface area contributed by atoms with Crippen molar-refractivity contribution in [1.82, 2.24) is 4.98 Å². The van der Waals surface area contributed by atoms with Crippen molar-refractivity contribution in [2.24, 2.45) is 0 Å². The van der Waals surface area contributed by atoms with E-state index in [1.807, 2.05) is 0 Å². The van der Waals surface area contributed by atoms with Crippen molar-refractivity contribution in [3.8, 4) is 0 Å². The predicted molar refractivity (Wildman–Crippen MR) is 64.2 cm³/mol. The van der Waals surface area contributed by atoms with Gasteiger partial charge < -0.3 is 0 Å². The van der Waals surface area contributed by atoms with Gasteiger partial charge in [-0.1, -0.05) is 6.07 Å². The minimum absolute atomic E-state index is 0.375. The Morgan fingerprint density at radius 3 is 2.37 bits per heavy atom. The van der Waals surface area contributed by atoms with Gasteiger partial charge in [0.2, 0.25) is 0 Å². The molecule has 5 heteroatoms. The fourth-order valence-electron chi connectivity index (χ4n) is 1.54. The van der Waals surface area contributed by atoms with E-state index in [-0.39, 0.29) is 5.56 Å². The largest absolute Gasteiger partial charge is 0.254 e. The molecule has 0 saturated carbocycles. The lowest BCUT2D eigenvalue weighted by atomic mass is 10.1. The Hall–Kier alpha value is -2.17. The molecule has 1 aromatic heterocycles. The zero-order valence-electron chi connectivity index (χ0n) is 9.92. The molecule has 0 fully saturated rings. The van der Waals surface area contributed by atoms with Gasteiger partial charge in [-0.15, -0.1) is 0 Å². The number of aromatic nitrogens is 1. The third-order valence-electron chi connectivity index (χ3n) is 2.47. The molecule has 0 amide bonds. The van der Waals surface area contributed by atoms with Crippen LogP contribution < -0.4 is 0 Å². The van der Waals surface area contributed by atoms with Crippen LogP contribution in [-0.2, 0) is 0 Å². The zero-order chi connectivity index (χ0) is 14.0. The molecular weight excluding hydrogens is 258 g/mol. The van der Waals surface area contributed by atoms with Gasteiger partial charge in [-0.3, -0.25) is 4.98 Å². The lowest BCUT2D eigenvalue weighted by Crippen LogP contribution is -1.98. The molecule has 1 nitrogen and oxygen atoms in total. The molecule has 0 aliphatic heterocycles. The van der Waals surface area contributed by atoms with E-state index in [0.717, 1.165) is 11.8 Å². The Labute approximate surface area is 107 Å². The molecule has 0 aliphatic rings. The average molecular weight is 267 g/mol. The zero-order valence-corrected chi connectivity index (χ0v) is 9.92. The van der Waals surface area contributed by atoms with E-state index < -0.39 is 23.3 Å². The Balaban J connectivity index is 2.39. The quantitative estimate of drug-likeness (QED) is 0.453. The number of aryl methyl sites for hydroxylation is 1. The molecular formula is C14H9F4N. The molecule has 0 N–H and O–H groups in total. The number of hydrogen-bond donors (Lipinski definition) is 0. The highest BCUT2D eigenvalue weighted by Crippen LogP contribution is 2.20. The highest BCUT2D eigenvalue weighted by Gasteiger charge is 2.17. The number of hydrogen-bond acceptors (Lipinski definition) is 1. The van der Waals surface area contributed by atoms with Crippen LogP contribution >= 0.6 is 0 Å². The second-order valence-electron chi connectivity index (χ2n) is 3.93. The topological polar surface area (TPSA) is 12.9 Å². The third-order valence-corrected chi connectivity index (χ3v) is 2.47. The highest BCUT2D eigenvalue weighted by atomic mass is 19.2. The molecule has 2 rings (SSSR count). The Bertz CT molecular complexity index is 650. The summed E-state index contributed by atoms with van der Waals surface area (Å²) < 4.78 is 52.1. The van der Waals surface area contributed by atoms with Gasteiger partial charge in [-0.2, -0.15) is 0 Å². The molecule has 0 radical (unpaired) electrons. The molecule has 0 saturated heterocycles. The van der Waals surface area contributed by atoms with Gasteiger partial charge in [-0.25, -0.2) is 17.6 Å². The lowest BCUT2D eigenvalue weighted by molar-refractivity contribution is 0.408. The van der Waals surface area contributed by atoms with Crippen LogP contribution in [0.25, 0.3) is 12.2 Å². The highest BCUT2D eigenvalue weighted by molar-refractivity contribution is 5.68. The fourth-order valence-corrected chi connectivity index (χ4v) is 1.54. The van der Waals surface area contributed by atoms with Gasteiger partial charge in [0, 0.05) is 11.3 Å². The van der Waals surface area contributed by atoms with E-state index in [9.17, 15) is 17.6 Å². The molecule has 0 aliphatic carbocycles. The maximum absolute atomic E-state index is 13.4. The summed E-state index contributed by atoms with van der Waals surface area (Å²) in [5.41, 5.74) is 0.878. The predicted octanol–water partition coefficient (Wildman–Crippen LogP) is 4.12. The van der Waals surface area contributed by atoms with Crippen LogP contribution in [0.1, 0.15) is 17.0 Å². The Morgan fingerprint density at radius 2 is 1.68 bits per heavy atom. The maximum atomic E-state index is 13.4. The summed E-state index contributed by atoms with van der Waals surface area (Å²) in [5, 5.41) is 0. The van der Waals surface area contributed by atoms with E-state index in [4.69, 9.17) is 0 Å². The normalized spacial score (nSPS) is 11.2. The molecule has 0 spiro atoms. The first-order valence-electron chi connectivity index (χ1n) is 5.44. The summed E-state index contributed by atoms with van der Waals surface area (Å²) in [4.78, 5) is 4.11. The van der Waals surface area contributed by atoms with Gasteiger partial charge in [0.05, 0.1) is 5.69 Å². The molecule has 1 heterocycles. The van der Waals surface area contributed by atoms with Crippen LogP contribution in [0.3, 0.4) is 0 Å². The van der Waals surface area contributed by atoms with Crippen molar-refractivity contribution in [3.63, 3.8) is 0 Å². The van der Waals surface area contributed by atoms with Crippen molar-refractivity contribution in [2.75, 3.05) is 0 Å². The number of pyridine rings is 1. The van der Waals surface area contributed by atoms with Crippen LogP contribution in [0.5, 0.6) is 0 Å².